The molecule has 0 aliphatic heterocycles. The van der Waals surface area contributed by atoms with E-state index >= 15 is 0 Å². The number of nitrogens with zero attached hydrogens (tertiary/aromatic N) is 3. The summed E-state index contributed by atoms with van der Waals surface area (Å²) in [7, 11) is 0. The predicted molar refractivity (Wildman–Crippen MR) is 110 cm³/mol. The molecule has 1 aromatic carbocycles. The van der Waals surface area contributed by atoms with Crippen molar-refractivity contribution in [1.29, 1.82) is 0 Å². The summed E-state index contributed by atoms with van der Waals surface area (Å²) < 4.78 is 5.17. The molecule has 0 fully saturated rings. The highest BCUT2D eigenvalue weighted by molar-refractivity contribution is 7.14. The Morgan fingerprint density at radius 3 is 2.69 bits per heavy atom. The summed E-state index contributed by atoms with van der Waals surface area (Å²) in [5.41, 5.74) is 1.41. The highest BCUT2D eigenvalue weighted by atomic mass is 32.1. The van der Waals surface area contributed by atoms with Gasteiger partial charge in [-0.3, -0.25) is 14.9 Å². The van der Waals surface area contributed by atoms with Crippen molar-refractivity contribution in [3.05, 3.63) is 69.7 Å². The van der Waals surface area contributed by atoms with Gasteiger partial charge < -0.3 is 9.84 Å². The maximum atomic E-state index is 12.2. The summed E-state index contributed by atoms with van der Waals surface area (Å²) >= 11 is 2.63. The Morgan fingerprint density at radius 2 is 1.90 bits per heavy atom. The average molecular weight is 425 g/mol. The number of benzene rings is 1. The highest BCUT2D eigenvalue weighted by Gasteiger charge is 2.13. The molecule has 2 N–H and O–H groups in total. The fraction of sp³-hybridized carbons (Fsp3) is 0.105. The molecule has 4 aromatic rings. The molecule has 10 heteroatoms. The normalized spacial score (nSPS) is 10.6. The van der Waals surface area contributed by atoms with Crippen LogP contribution >= 0.6 is 22.7 Å². The van der Waals surface area contributed by atoms with Gasteiger partial charge in [0.2, 0.25) is 17.6 Å². The third-order valence-corrected chi connectivity index (χ3v) is 5.47. The van der Waals surface area contributed by atoms with E-state index < -0.39 is 0 Å². The van der Waals surface area contributed by atoms with Crippen LogP contribution in [0.1, 0.15) is 21.3 Å². The van der Waals surface area contributed by atoms with Crippen LogP contribution in [-0.2, 0) is 17.8 Å². The van der Waals surface area contributed by atoms with E-state index in [4.69, 9.17) is 4.52 Å². The molecule has 4 rings (SSSR count). The van der Waals surface area contributed by atoms with Gasteiger partial charge in [0.1, 0.15) is 0 Å². The average Bonchev–Trinajstić information content (AvgIpc) is 3.49. The topological polar surface area (TPSA) is 110 Å². The van der Waals surface area contributed by atoms with E-state index in [9.17, 15) is 9.59 Å². The standard InChI is InChI=1S/C19H15N5O3S2/c25-15(20-10-16-22-17(24-27-16)12-5-2-1-3-6-12)9-13-11-29-19(21-13)23-18(26)14-7-4-8-28-14/h1-8,11H,9-10H2,(H,20,25)(H,21,23,26). The first-order valence-electron chi connectivity index (χ1n) is 8.61. The maximum Gasteiger partial charge on any atom is 0.267 e. The molecule has 0 spiro atoms. The number of nitrogens with one attached hydrogen (secondary N) is 2. The highest BCUT2D eigenvalue weighted by Crippen LogP contribution is 2.18. The molecule has 146 valence electrons. The van der Waals surface area contributed by atoms with Crippen LogP contribution < -0.4 is 10.6 Å². The number of hydrogen-bond donors (Lipinski definition) is 2. The van der Waals surface area contributed by atoms with Crippen LogP contribution in [0.25, 0.3) is 11.4 Å². The molecule has 0 radical (unpaired) electrons. The molecule has 3 heterocycles. The van der Waals surface area contributed by atoms with Gasteiger partial charge in [-0.1, -0.05) is 41.6 Å². The number of carbonyl (C=O) groups is 2. The molecular formula is C19H15N5O3S2. The second kappa shape index (κ2) is 8.76. The van der Waals surface area contributed by atoms with Crippen molar-refractivity contribution >= 4 is 39.6 Å². The summed E-state index contributed by atoms with van der Waals surface area (Å²) in [6.45, 7) is 0.130. The number of rotatable bonds is 7. The lowest BCUT2D eigenvalue weighted by Gasteiger charge is -2.00. The lowest BCUT2D eigenvalue weighted by molar-refractivity contribution is -0.120. The Balaban J connectivity index is 1.28. The summed E-state index contributed by atoms with van der Waals surface area (Å²) in [6, 6.07) is 13.0. The van der Waals surface area contributed by atoms with E-state index in [2.05, 4.69) is 25.8 Å². The van der Waals surface area contributed by atoms with E-state index in [1.807, 2.05) is 41.8 Å². The molecule has 0 atom stereocenters. The molecule has 3 aromatic heterocycles. The Bertz CT molecular complexity index is 1110. The van der Waals surface area contributed by atoms with Gasteiger partial charge in [-0.2, -0.15) is 4.98 Å². The van der Waals surface area contributed by atoms with Crippen LogP contribution in [0.4, 0.5) is 5.13 Å². The van der Waals surface area contributed by atoms with E-state index in [-0.39, 0.29) is 24.8 Å². The number of aromatic nitrogens is 3. The fourth-order valence-corrected chi connectivity index (χ4v) is 3.77. The lowest BCUT2D eigenvalue weighted by atomic mass is 10.2. The first kappa shape index (κ1) is 19.0. The van der Waals surface area contributed by atoms with Crippen LogP contribution in [0.5, 0.6) is 0 Å². The molecule has 0 aliphatic rings. The van der Waals surface area contributed by atoms with Gasteiger partial charge in [-0.25, -0.2) is 4.98 Å². The molecule has 0 aliphatic carbocycles. The van der Waals surface area contributed by atoms with Crippen LogP contribution in [0, 0.1) is 0 Å². The molecule has 0 bridgehead atoms. The van der Waals surface area contributed by atoms with Crippen molar-refractivity contribution < 1.29 is 14.1 Å². The summed E-state index contributed by atoms with van der Waals surface area (Å²) in [5, 5.41) is 13.4. The largest absolute Gasteiger partial charge is 0.347 e. The van der Waals surface area contributed by atoms with Gasteiger partial charge in [0.15, 0.2) is 5.13 Å². The number of carbonyl (C=O) groups excluding carboxylic acids is 2. The number of amides is 2. The van der Waals surface area contributed by atoms with Gasteiger partial charge in [0.25, 0.3) is 5.91 Å². The number of anilines is 1. The molecule has 2 amide bonds. The Morgan fingerprint density at radius 1 is 1.03 bits per heavy atom. The van der Waals surface area contributed by atoms with E-state index in [1.165, 1.54) is 22.7 Å². The van der Waals surface area contributed by atoms with Gasteiger partial charge in [-0.05, 0) is 11.4 Å². The van der Waals surface area contributed by atoms with Gasteiger partial charge in [0, 0.05) is 10.9 Å². The summed E-state index contributed by atoms with van der Waals surface area (Å²) in [5.74, 6) is 0.349. The van der Waals surface area contributed by atoms with Gasteiger partial charge in [-0.15, -0.1) is 22.7 Å². The van der Waals surface area contributed by atoms with Crippen molar-refractivity contribution in [1.82, 2.24) is 20.4 Å². The van der Waals surface area contributed by atoms with Crippen molar-refractivity contribution in [3.8, 4) is 11.4 Å². The number of hydrogen-bond acceptors (Lipinski definition) is 8. The zero-order valence-corrected chi connectivity index (χ0v) is 16.6. The van der Waals surface area contributed by atoms with E-state index in [0.717, 1.165) is 5.56 Å². The SMILES string of the molecule is O=C(Cc1csc(NC(=O)c2cccs2)n1)NCc1nc(-c2ccccc2)no1. The Labute approximate surface area is 173 Å². The molecular weight excluding hydrogens is 410 g/mol. The predicted octanol–water partition coefficient (Wildman–Crippen LogP) is 3.37. The van der Waals surface area contributed by atoms with Crippen molar-refractivity contribution in [2.45, 2.75) is 13.0 Å². The third-order valence-electron chi connectivity index (χ3n) is 3.80. The molecule has 0 saturated heterocycles. The van der Waals surface area contributed by atoms with Crippen LogP contribution in [0.3, 0.4) is 0 Å². The van der Waals surface area contributed by atoms with Crippen molar-refractivity contribution in [2.24, 2.45) is 0 Å². The van der Waals surface area contributed by atoms with E-state index in [1.54, 1.807) is 11.4 Å². The van der Waals surface area contributed by atoms with Crippen LogP contribution in [0.15, 0.2) is 57.7 Å². The minimum atomic E-state index is -0.231. The minimum Gasteiger partial charge on any atom is -0.347 e. The monoisotopic (exact) mass is 425 g/mol. The maximum absolute atomic E-state index is 12.2. The first-order valence-corrected chi connectivity index (χ1v) is 10.4. The molecule has 0 unspecified atom stereocenters. The second-order valence-electron chi connectivity index (χ2n) is 5.91. The zero-order chi connectivity index (χ0) is 20.1. The summed E-state index contributed by atoms with van der Waals surface area (Å²) in [4.78, 5) is 33.3. The zero-order valence-electron chi connectivity index (χ0n) is 15.0. The lowest BCUT2D eigenvalue weighted by Crippen LogP contribution is -2.24. The number of thiazole rings is 1. The number of thiophene rings is 1. The molecule has 8 nitrogen and oxygen atoms in total. The second-order valence-corrected chi connectivity index (χ2v) is 7.71. The smallest absolute Gasteiger partial charge is 0.267 e. The third kappa shape index (κ3) is 4.92. The van der Waals surface area contributed by atoms with Gasteiger partial charge >= 0.3 is 0 Å². The summed E-state index contributed by atoms with van der Waals surface area (Å²) in [6.07, 6.45) is 0.0883. The van der Waals surface area contributed by atoms with Crippen LogP contribution in [0.2, 0.25) is 0 Å². The quantitative estimate of drug-likeness (QED) is 0.470. The van der Waals surface area contributed by atoms with Crippen molar-refractivity contribution in [2.75, 3.05) is 5.32 Å². The first-order chi connectivity index (χ1) is 14.2. The fourth-order valence-electron chi connectivity index (χ4n) is 2.44. The Hall–Kier alpha value is -3.37. The molecule has 29 heavy (non-hydrogen) atoms. The Kier molecular flexibility index (Phi) is 5.73. The van der Waals surface area contributed by atoms with Crippen molar-refractivity contribution in [3.63, 3.8) is 0 Å². The van der Waals surface area contributed by atoms with E-state index in [0.29, 0.717) is 27.4 Å². The minimum absolute atomic E-state index is 0.0883. The molecule has 0 saturated carbocycles. The van der Waals surface area contributed by atoms with Gasteiger partial charge in [0.05, 0.1) is 23.5 Å². The van der Waals surface area contributed by atoms with Crippen LogP contribution in [-0.4, -0.2) is 26.9 Å².